The minimum Gasteiger partial charge on any atom is -0.462 e. The van der Waals surface area contributed by atoms with E-state index in [1.54, 1.807) is 37.4 Å². The molecule has 4 aromatic rings. The van der Waals surface area contributed by atoms with E-state index in [1.807, 2.05) is 0 Å². The fourth-order valence-corrected chi connectivity index (χ4v) is 3.24. The van der Waals surface area contributed by atoms with Crippen molar-refractivity contribution in [1.82, 2.24) is 24.4 Å². The molecule has 0 aliphatic carbocycles. The number of hydrogen-bond acceptors (Lipinski definition) is 6. The number of ether oxygens (including phenoxy) is 1. The molecule has 3 heterocycles. The topological polar surface area (TPSA) is 91.4 Å². The second kappa shape index (κ2) is 6.64. The standard InChI is InChI=1S/C17H11Cl2N5O3/c1-2-27-17(26)12-8-20-24-13-3-4-23(11-6-9(18)5-10(19)7-11)16(25)14(13)21-22-15(12)24/h3-8H,2H2,1H3. The van der Waals surface area contributed by atoms with E-state index >= 15 is 0 Å². The first-order valence-corrected chi connectivity index (χ1v) is 8.64. The largest absolute Gasteiger partial charge is 0.462 e. The molecule has 0 N–H and O–H groups in total. The van der Waals surface area contributed by atoms with E-state index in [2.05, 4.69) is 15.3 Å². The molecule has 0 saturated carbocycles. The Bertz CT molecular complexity index is 1240. The number of rotatable bonds is 3. The number of hydrogen-bond donors (Lipinski definition) is 0. The van der Waals surface area contributed by atoms with Crippen molar-refractivity contribution in [3.8, 4) is 5.69 Å². The van der Waals surface area contributed by atoms with Gasteiger partial charge in [-0.25, -0.2) is 9.31 Å². The molecule has 0 saturated heterocycles. The molecule has 4 rings (SSSR count). The Balaban J connectivity index is 1.93. The zero-order valence-corrected chi connectivity index (χ0v) is 15.4. The maximum Gasteiger partial charge on any atom is 0.343 e. The zero-order valence-electron chi connectivity index (χ0n) is 13.9. The molecule has 0 fully saturated rings. The lowest BCUT2D eigenvalue weighted by Crippen LogP contribution is -2.20. The molecular formula is C17H11Cl2N5O3. The van der Waals surface area contributed by atoms with Gasteiger partial charge in [-0.05, 0) is 31.2 Å². The molecule has 0 aliphatic heterocycles. The van der Waals surface area contributed by atoms with Gasteiger partial charge in [-0.2, -0.15) is 5.10 Å². The fraction of sp³-hybridized carbons (Fsp3) is 0.118. The SMILES string of the molecule is CCOC(=O)c1cnn2c1nnc1c(=O)n(-c3cc(Cl)cc(Cl)c3)ccc12. The number of aromatic nitrogens is 5. The predicted octanol–water partition coefficient (Wildman–Crippen LogP) is 2.91. The highest BCUT2D eigenvalue weighted by atomic mass is 35.5. The number of benzene rings is 1. The van der Waals surface area contributed by atoms with Crippen LogP contribution in [0.3, 0.4) is 0 Å². The minimum absolute atomic E-state index is 0.0830. The van der Waals surface area contributed by atoms with Gasteiger partial charge in [0, 0.05) is 16.2 Å². The van der Waals surface area contributed by atoms with Crippen LogP contribution in [0.2, 0.25) is 10.0 Å². The van der Waals surface area contributed by atoms with Crippen LogP contribution in [0.15, 0.2) is 41.5 Å². The molecule has 0 spiro atoms. The van der Waals surface area contributed by atoms with E-state index in [0.717, 1.165) is 0 Å². The zero-order chi connectivity index (χ0) is 19.1. The highest BCUT2D eigenvalue weighted by molar-refractivity contribution is 6.34. The van der Waals surface area contributed by atoms with Gasteiger partial charge < -0.3 is 4.74 Å². The summed E-state index contributed by atoms with van der Waals surface area (Å²) in [7, 11) is 0. The van der Waals surface area contributed by atoms with Crippen LogP contribution in [-0.4, -0.2) is 37.0 Å². The quantitative estimate of drug-likeness (QED) is 0.488. The summed E-state index contributed by atoms with van der Waals surface area (Å²) in [6.45, 7) is 1.93. The van der Waals surface area contributed by atoms with Gasteiger partial charge in [-0.15, -0.1) is 10.2 Å². The summed E-state index contributed by atoms with van der Waals surface area (Å²) in [6, 6.07) is 6.44. The van der Waals surface area contributed by atoms with Gasteiger partial charge in [0.1, 0.15) is 11.1 Å². The maximum absolute atomic E-state index is 12.9. The van der Waals surface area contributed by atoms with E-state index in [4.69, 9.17) is 27.9 Å². The first kappa shape index (κ1) is 17.4. The van der Waals surface area contributed by atoms with Gasteiger partial charge in [-0.3, -0.25) is 9.36 Å². The average molecular weight is 404 g/mol. The fourth-order valence-electron chi connectivity index (χ4n) is 2.73. The van der Waals surface area contributed by atoms with Gasteiger partial charge in [0.2, 0.25) is 0 Å². The Morgan fingerprint density at radius 1 is 1.19 bits per heavy atom. The Labute approximate surface area is 161 Å². The van der Waals surface area contributed by atoms with Crippen molar-refractivity contribution >= 4 is 45.9 Å². The molecule has 136 valence electrons. The average Bonchev–Trinajstić information content (AvgIpc) is 3.06. The van der Waals surface area contributed by atoms with E-state index in [-0.39, 0.29) is 23.3 Å². The lowest BCUT2D eigenvalue weighted by molar-refractivity contribution is 0.0528. The van der Waals surface area contributed by atoms with Crippen molar-refractivity contribution in [2.75, 3.05) is 6.61 Å². The first-order chi connectivity index (χ1) is 13.0. The van der Waals surface area contributed by atoms with Crippen LogP contribution in [0.4, 0.5) is 0 Å². The Morgan fingerprint density at radius 2 is 1.93 bits per heavy atom. The molecule has 3 aromatic heterocycles. The minimum atomic E-state index is -0.553. The summed E-state index contributed by atoms with van der Waals surface area (Å²) in [4.78, 5) is 24.9. The number of pyridine rings is 1. The van der Waals surface area contributed by atoms with Crippen LogP contribution in [0.25, 0.3) is 22.4 Å². The first-order valence-electron chi connectivity index (χ1n) is 7.89. The predicted molar refractivity (Wildman–Crippen MR) is 99.9 cm³/mol. The summed E-state index contributed by atoms with van der Waals surface area (Å²) in [5.74, 6) is -0.553. The number of carbonyl (C=O) groups excluding carboxylic acids is 1. The molecular weight excluding hydrogens is 393 g/mol. The molecule has 0 atom stereocenters. The second-order valence-electron chi connectivity index (χ2n) is 5.57. The van der Waals surface area contributed by atoms with Gasteiger partial charge >= 0.3 is 5.97 Å². The summed E-state index contributed by atoms with van der Waals surface area (Å²) < 4.78 is 7.72. The molecule has 10 heteroatoms. The van der Waals surface area contributed by atoms with Crippen LogP contribution in [0.5, 0.6) is 0 Å². The summed E-state index contributed by atoms with van der Waals surface area (Å²) in [5, 5.41) is 12.9. The second-order valence-corrected chi connectivity index (χ2v) is 6.44. The highest BCUT2D eigenvalue weighted by Gasteiger charge is 2.18. The molecule has 27 heavy (non-hydrogen) atoms. The smallest absolute Gasteiger partial charge is 0.343 e. The monoisotopic (exact) mass is 403 g/mol. The van der Waals surface area contributed by atoms with Crippen LogP contribution in [0.1, 0.15) is 17.3 Å². The number of halogens is 2. The Hall–Kier alpha value is -2.97. The third-order valence-corrected chi connectivity index (χ3v) is 4.32. The van der Waals surface area contributed by atoms with Crippen LogP contribution >= 0.6 is 23.2 Å². The van der Waals surface area contributed by atoms with Crippen molar-refractivity contribution in [1.29, 1.82) is 0 Å². The van der Waals surface area contributed by atoms with Crippen LogP contribution in [-0.2, 0) is 4.74 Å². The normalized spacial score (nSPS) is 11.2. The molecule has 0 radical (unpaired) electrons. The van der Waals surface area contributed by atoms with Crippen molar-refractivity contribution in [2.45, 2.75) is 6.92 Å². The molecule has 0 bridgehead atoms. The van der Waals surface area contributed by atoms with Crippen LogP contribution < -0.4 is 5.56 Å². The van der Waals surface area contributed by atoms with Crippen molar-refractivity contribution in [3.63, 3.8) is 0 Å². The number of nitrogens with zero attached hydrogens (tertiary/aromatic N) is 5. The maximum atomic E-state index is 12.9. The molecule has 1 aromatic carbocycles. The molecule has 0 unspecified atom stereocenters. The summed E-state index contributed by atoms with van der Waals surface area (Å²) in [5.41, 5.74) is 0.952. The van der Waals surface area contributed by atoms with Gasteiger partial charge in [0.05, 0.1) is 18.5 Å². The van der Waals surface area contributed by atoms with Gasteiger partial charge in [-0.1, -0.05) is 23.2 Å². The lowest BCUT2D eigenvalue weighted by Gasteiger charge is -2.08. The third kappa shape index (κ3) is 2.92. The molecule has 8 nitrogen and oxygen atoms in total. The van der Waals surface area contributed by atoms with Gasteiger partial charge in [0.15, 0.2) is 11.2 Å². The number of fused-ring (bicyclic) bond motifs is 3. The lowest BCUT2D eigenvalue weighted by atomic mass is 10.3. The number of carbonyl (C=O) groups is 1. The highest BCUT2D eigenvalue weighted by Crippen LogP contribution is 2.22. The van der Waals surface area contributed by atoms with E-state index in [9.17, 15) is 9.59 Å². The van der Waals surface area contributed by atoms with Gasteiger partial charge in [0.25, 0.3) is 5.56 Å². The Kier molecular flexibility index (Phi) is 4.29. The molecule has 0 aliphatic rings. The van der Waals surface area contributed by atoms with E-state index in [0.29, 0.717) is 21.2 Å². The van der Waals surface area contributed by atoms with E-state index in [1.165, 1.54) is 15.3 Å². The van der Waals surface area contributed by atoms with Crippen molar-refractivity contribution in [2.24, 2.45) is 0 Å². The third-order valence-electron chi connectivity index (χ3n) is 3.88. The van der Waals surface area contributed by atoms with Crippen molar-refractivity contribution in [3.05, 3.63) is 62.6 Å². The van der Waals surface area contributed by atoms with E-state index < -0.39 is 11.5 Å². The summed E-state index contributed by atoms with van der Waals surface area (Å²) in [6.07, 6.45) is 2.89. The Morgan fingerprint density at radius 3 is 2.63 bits per heavy atom. The van der Waals surface area contributed by atoms with Crippen LogP contribution in [0, 0.1) is 0 Å². The van der Waals surface area contributed by atoms with Crippen molar-refractivity contribution < 1.29 is 9.53 Å². The number of esters is 1. The molecule has 0 amide bonds. The summed E-state index contributed by atoms with van der Waals surface area (Å²) >= 11 is 12.0.